The van der Waals surface area contributed by atoms with E-state index < -0.39 is 11.9 Å². The Bertz CT molecular complexity index is 351. The van der Waals surface area contributed by atoms with Crippen LogP contribution in [-0.2, 0) is 35.4 Å². The molecule has 1 aliphatic carbocycles. The van der Waals surface area contributed by atoms with Crippen LogP contribution in [0.5, 0.6) is 0 Å². The fourth-order valence-corrected chi connectivity index (χ4v) is 2.31. The van der Waals surface area contributed by atoms with Gasteiger partial charge in [-0.3, -0.25) is 4.79 Å². The number of ketones is 1. The molecule has 3 atom stereocenters. The van der Waals surface area contributed by atoms with E-state index in [0.29, 0.717) is 18.3 Å². The fourth-order valence-electron chi connectivity index (χ4n) is 2.31. The molecule has 1 saturated carbocycles. The molecule has 0 aromatic heterocycles. The van der Waals surface area contributed by atoms with Crippen LogP contribution in [0.3, 0.4) is 0 Å². The van der Waals surface area contributed by atoms with Gasteiger partial charge in [0, 0.05) is 27.5 Å². The number of carbonyl (C=O) groups is 3. The molecule has 0 bridgehead atoms. The van der Waals surface area contributed by atoms with E-state index in [0.717, 1.165) is 25.7 Å². The molecule has 0 aliphatic heterocycles. The van der Waals surface area contributed by atoms with Crippen LogP contribution in [0.4, 0.5) is 0 Å². The first-order valence-electron chi connectivity index (χ1n) is 6.95. The minimum Gasteiger partial charge on any atom is -0.473 e. The number of hydrogen-bond acceptors (Lipinski definition) is 5. The fraction of sp³-hybridized carbons (Fsp3) is 0.714. The molecule has 0 radical (unpaired) electrons. The van der Waals surface area contributed by atoms with E-state index in [1.54, 1.807) is 0 Å². The van der Waals surface area contributed by atoms with Gasteiger partial charge < -0.3 is 28.0 Å². The van der Waals surface area contributed by atoms with E-state index in [2.05, 4.69) is 6.92 Å². The molecule has 0 heterocycles. The third kappa shape index (κ3) is 10.9. The van der Waals surface area contributed by atoms with E-state index in [4.69, 9.17) is 30.6 Å². The summed E-state index contributed by atoms with van der Waals surface area (Å²) >= 11 is 0. The number of aliphatic hydroxyl groups is 1. The maximum atomic E-state index is 10.9. The second kappa shape index (κ2) is 12.7. The van der Waals surface area contributed by atoms with Gasteiger partial charge in [0.05, 0.1) is 0 Å². The molecule has 22 heavy (non-hydrogen) atoms. The molecule has 0 amide bonds. The van der Waals surface area contributed by atoms with Gasteiger partial charge in [-0.05, 0) is 31.2 Å². The van der Waals surface area contributed by atoms with Crippen LogP contribution < -0.4 is 5.73 Å². The zero-order valence-corrected chi connectivity index (χ0v) is 14.6. The van der Waals surface area contributed by atoms with Crippen molar-refractivity contribution in [2.45, 2.75) is 44.6 Å². The summed E-state index contributed by atoms with van der Waals surface area (Å²) in [4.78, 5) is 29.1. The quantitative estimate of drug-likeness (QED) is 0.320. The molecule has 0 aromatic carbocycles. The van der Waals surface area contributed by atoms with Crippen LogP contribution in [0, 0.1) is 18.8 Å². The topological polar surface area (TPSA) is 138 Å². The Labute approximate surface area is 144 Å². The van der Waals surface area contributed by atoms with Gasteiger partial charge in [-0.15, -0.1) is 0 Å². The zero-order chi connectivity index (χ0) is 16.4. The van der Waals surface area contributed by atoms with Crippen LogP contribution in [0.1, 0.15) is 38.5 Å². The van der Waals surface area contributed by atoms with E-state index in [1.807, 2.05) is 0 Å². The van der Waals surface area contributed by atoms with Crippen molar-refractivity contribution in [3.8, 4) is 0 Å². The Morgan fingerprint density at radius 1 is 1.14 bits per heavy atom. The van der Waals surface area contributed by atoms with Gasteiger partial charge in [0.15, 0.2) is 5.78 Å². The van der Waals surface area contributed by atoms with Crippen molar-refractivity contribution in [1.29, 1.82) is 0 Å². The molecule has 5 N–H and O–H groups in total. The normalized spacial score (nSPS) is 23.5. The second-order valence-electron chi connectivity index (χ2n) is 5.30. The molecule has 8 heteroatoms. The molecule has 132 valence electrons. The molecular weight excluding hydrogens is 473 g/mol. The first-order chi connectivity index (χ1) is 9.77. The third-order valence-corrected chi connectivity index (χ3v) is 3.58. The summed E-state index contributed by atoms with van der Waals surface area (Å²) in [6.45, 7) is 3.74. The summed E-state index contributed by atoms with van der Waals surface area (Å²) in [5, 5.41) is 23.4. The molecule has 1 aliphatic rings. The molecular formula is C14H24NO6Pt-. The van der Waals surface area contributed by atoms with Crippen molar-refractivity contribution < 1.29 is 50.8 Å². The maximum absolute atomic E-state index is 10.9. The number of nitrogens with two attached hydrogens (primary N) is 1. The number of carboxylic acid groups (broad SMARTS) is 2. The number of carboxylic acids is 2. The predicted octanol–water partition coefficient (Wildman–Crippen LogP) is 0.449. The molecule has 7 nitrogen and oxygen atoms in total. The van der Waals surface area contributed by atoms with E-state index in [-0.39, 0.29) is 39.5 Å². The number of carbonyl (C=O) groups excluding carboxylic acids is 1. The van der Waals surface area contributed by atoms with E-state index in [9.17, 15) is 4.79 Å². The summed E-state index contributed by atoms with van der Waals surface area (Å²) in [5.74, 6) is -2.64. The molecule has 1 fully saturated rings. The van der Waals surface area contributed by atoms with Crippen LogP contribution in [-0.4, -0.2) is 45.7 Å². The first-order valence-corrected chi connectivity index (χ1v) is 6.95. The molecule has 0 saturated heterocycles. The van der Waals surface area contributed by atoms with E-state index in [1.165, 1.54) is 6.42 Å². The summed E-state index contributed by atoms with van der Waals surface area (Å²) in [7, 11) is 0. The van der Waals surface area contributed by atoms with Gasteiger partial charge in [-0.1, -0.05) is 12.8 Å². The number of hydrogen-bond donors (Lipinski definition) is 4. The van der Waals surface area contributed by atoms with Crippen molar-refractivity contribution in [3.63, 3.8) is 0 Å². The van der Waals surface area contributed by atoms with Gasteiger partial charge in [0.25, 0.3) is 0 Å². The van der Waals surface area contributed by atoms with Gasteiger partial charge in [-0.25, -0.2) is 9.59 Å². The molecule has 1 rings (SSSR count). The minimum atomic E-state index is -1.82. The third-order valence-electron chi connectivity index (χ3n) is 3.58. The Hall–Kier alpha value is -0.782. The van der Waals surface area contributed by atoms with Gasteiger partial charge in [0.1, 0.15) is 6.61 Å². The van der Waals surface area contributed by atoms with Crippen LogP contribution in [0.15, 0.2) is 0 Å². The minimum absolute atomic E-state index is 0. The monoisotopic (exact) mass is 497 g/mol. The van der Waals surface area contributed by atoms with Crippen molar-refractivity contribution in [3.05, 3.63) is 6.92 Å². The zero-order valence-electron chi connectivity index (χ0n) is 12.3. The summed E-state index contributed by atoms with van der Waals surface area (Å²) < 4.78 is 0. The number of aliphatic hydroxyl groups excluding tert-OH is 1. The standard InChI is InChI=1S/C12H22NO2.C2H2O4.Pt/c1-9-7-10(5-6-12(9)13)3-2-4-11(15)8-14;3-1(4)2(5)6;/h9-10,12,14H,1-8,13H2;(H,3,4)(H,5,6);/q-1;;/t9-,10?,12-;;/m1../s1. The Balaban J connectivity index is 0. The van der Waals surface area contributed by atoms with Crippen LogP contribution in [0.2, 0.25) is 0 Å². The van der Waals surface area contributed by atoms with Crippen LogP contribution >= 0.6 is 0 Å². The van der Waals surface area contributed by atoms with Crippen molar-refractivity contribution in [2.24, 2.45) is 17.6 Å². The predicted molar refractivity (Wildman–Crippen MR) is 75.4 cm³/mol. The number of Topliss-reactive ketones (excluding diaryl/α,β-unsaturated/α-hetero) is 1. The summed E-state index contributed by atoms with van der Waals surface area (Å²) in [6.07, 6.45) is 5.80. The number of rotatable bonds is 5. The first kappa shape index (κ1) is 23.5. The Morgan fingerprint density at radius 3 is 2.09 bits per heavy atom. The van der Waals surface area contributed by atoms with E-state index >= 15 is 0 Å². The molecule has 1 unspecified atom stereocenters. The number of aliphatic carboxylic acids is 2. The van der Waals surface area contributed by atoms with Gasteiger partial charge in [-0.2, -0.15) is 5.92 Å². The Morgan fingerprint density at radius 2 is 1.68 bits per heavy atom. The average molecular weight is 497 g/mol. The second-order valence-corrected chi connectivity index (χ2v) is 5.30. The largest absolute Gasteiger partial charge is 0.473 e. The Kier molecular flexibility index (Phi) is 13.6. The smallest absolute Gasteiger partial charge is 0.414 e. The van der Waals surface area contributed by atoms with Gasteiger partial charge >= 0.3 is 11.9 Å². The van der Waals surface area contributed by atoms with Gasteiger partial charge in [0.2, 0.25) is 0 Å². The summed E-state index contributed by atoms with van der Waals surface area (Å²) in [5.41, 5.74) is 5.89. The van der Waals surface area contributed by atoms with Crippen molar-refractivity contribution in [2.75, 3.05) is 6.61 Å². The van der Waals surface area contributed by atoms with Crippen LogP contribution in [0.25, 0.3) is 0 Å². The average Bonchev–Trinajstić information content (AvgIpc) is 2.43. The SMILES string of the molecule is O=C(O)C(=O)O.[CH2-][C@@H]1CC(CCCC(=O)CO)CC[C@H]1N.[Pt]. The molecule has 0 aromatic rings. The van der Waals surface area contributed by atoms with Crippen molar-refractivity contribution >= 4 is 17.7 Å². The molecule has 0 spiro atoms. The van der Waals surface area contributed by atoms with Crippen molar-refractivity contribution in [1.82, 2.24) is 0 Å². The maximum Gasteiger partial charge on any atom is 0.414 e. The summed E-state index contributed by atoms with van der Waals surface area (Å²) in [6, 6.07) is 0.264.